The monoisotopic (exact) mass is 313 g/mol. The van der Waals surface area contributed by atoms with Gasteiger partial charge in [0.1, 0.15) is 0 Å². The highest BCUT2D eigenvalue weighted by atomic mass is 32.2. The quantitative estimate of drug-likeness (QED) is 0.830. The molecule has 1 aromatic heterocycles. The molecule has 2 aliphatic heterocycles. The summed E-state index contributed by atoms with van der Waals surface area (Å²) in [5.41, 5.74) is 3.59. The number of nitrogens with one attached hydrogen (secondary N) is 2. The summed E-state index contributed by atoms with van der Waals surface area (Å²) in [6.07, 6.45) is 0.278. The third-order valence-electron chi connectivity index (χ3n) is 2.86. The molecule has 3 rings (SSSR count). The first-order valence-corrected chi connectivity index (χ1v) is 8.18. The molecule has 0 aromatic carbocycles. The molecule has 3 heterocycles. The Morgan fingerprint density at radius 2 is 2.35 bits per heavy atom. The number of morpholine rings is 1. The van der Waals surface area contributed by atoms with E-state index in [2.05, 4.69) is 25.7 Å². The molecule has 1 saturated heterocycles. The molecule has 9 heteroatoms. The normalized spacial score (nSPS) is 18.6. The molecule has 0 aliphatic carbocycles. The predicted molar refractivity (Wildman–Crippen MR) is 80.0 cm³/mol. The van der Waals surface area contributed by atoms with E-state index in [-0.39, 0.29) is 12.3 Å². The number of hydrazone groups is 1. The lowest BCUT2D eigenvalue weighted by molar-refractivity contribution is -0.119. The number of rotatable bonds is 3. The second-order valence-corrected chi connectivity index (χ2v) is 6.11. The van der Waals surface area contributed by atoms with E-state index in [4.69, 9.17) is 4.74 Å². The lowest BCUT2D eigenvalue weighted by atomic mass is 10.3. The zero-order valence-electron chi connectivity index (χ0n) is 10.8. The van der Waals surface area contributed by atoms with Crippen molar-refractivity contribution in [3.05, 3.63) is 11.1 Å². The van der Waals surface area contributed by atoms with Gasteiger partial charge in [-0.25, -0.2) is 4.98 Å². The minimum Gasteiger partial charge on any atom is -0.378 e. The Kier molecular flexibility index (Phi) is 4.38. The SMILES string of the molecule is O=C(Cc1csc(N2CCOCC2)n1)NC1=NNCS1. The number of amides is 1. The lowest BCUT2D eigenvalue weighted by Gasteiger charge is -2.26. The van der Waals surface area contributed by atoms with Gasteiger partial charge in [0, 0.05) is 18.5 Å². The molecule has 2 N–H and O–H groups in total. The van der Waals surface area contributed by atoms with Crippen LogP contribution in [0.2, 0.25) is 0 Å². The van der Waals surface area contributed by atoms with Gasteiger partial charge in [-0.3, -0.25) is 10.2 Å². The summed E-state index contributed by atoms with van der Waals surface area (Å²) >= 11 is 3.05. The first-order valence-electron chi connectivity index (χ1n) is 6.31. The van der Waals surface area contributed by atoms with E-state index in [0.717, 1.165) is 37.1 Å². The average Bonchev–Trinajstić information content (AvgIpc) is 3.11. The Morgan fingerprint density at radius 1 is 1.50 bits per heavy atom. The van der Waals surface area contributed by atoms with E-state index in [9.17, 15) is 4.79 Å². The highest BCUT2D eigenvalue weighted by Gasteiger charge is 2.17. The highest BCUT2D eigenvalue weighted by molar-refractivity contribution is 8.14. The van der Waals surface area contributed by atoms with Gasteiger partial charge < -0.3 is 15.0 Å². The summed E-state index contributed by atoms with van der Waals surface area (Å²) < 4.78 is 5.32. The van der Waals surface area contributed by atoms with Gasteiger partial charge in [0.15, 0.2) is 10.3 Å². The molecule has 108 valence electrons. The smallest absolute Gasteiger partial charge is 0.232 e. The topological polar surface area (TPSA) is 78.9 Å². The fourth-order valence-corrected chi connectivity index (χ4v) is 3.37. The van der Waals surface area contributed by atoms with Crippen LogP contribution in [0.25, 0.3) is 0 Å². The number of carbonyl (C=O) groups is 1. The summed E-state index contributed by atoms with van der Waals surface area (Å²) in [7, 11) is 0. The van der Waals surface area contributed by atoms with Crippen LogP contribution in [0.1, 0.15) is 5.69 Å². The van der Waals surface area contributed by atoms with E-state index in [1.165, 1.54) is 11.8 Å². The van der Waals surface area contributed by atoms with Gasteiger partial charge in [-0.15, -0.1) is 11.3 Å². The number of thioether (sulfide) groups is 1. The third kappa shape index (κ3) is 3.41. The van der Waals surface area contributed by atoms with E-state index in [1.54, 1.807) is 11.3 Å². The maximum Gasteiger partial charge on any atom is 0.232 e. The van der Waals surface area contributed by atoms with Crippen LogP contribution in [-0.4, -0.2) is 48.2 Å². The highest BCUT2D eigenvalue weighted by Crippen LogP contribution is 2.21. The van der Waals surface area contributed by atoms with Gasteiger partial charge in [-0.2, -0.15) is 5.10 Å². The summed E-state index contributed by atoms with van der Waals surface area (Å²) in [6.45, 7) is 3.19. The molecule has 1 amide bonds. The van der Waals surface area contributed by atoms with Gasteiger partial charge in [-0.1, -0.05) is 11.8 Å². The molecule has 20 heavy (non-hydrogen) atoms. The van der Waals surface area contributed by atoms with E-state index >= 15 is 0 Å². The number of thiazole rings is 1. The molecule has 2 aliphatic rings. The van der Waals surface area contributed by atoms with Crippen molar-refractivity contribution in [1.29, 1.82) is 0 Å². The van der Waals surface area contributed by atoms with Gasteiger partial charge in [0.2, 0.25) is 5.91 Å². The molecule has 1 aromatic rings. The number of hydrogen-bond acceptors (Lipinski definition) is 8. The largest absolute Gasteiger partial charge is 0.378 e. The molecule has 7 nitrogen and oxygen atoms in total. The maximum absolute atomic E-state index is 11.9. The van der Waals surface area contributed by atoms with Crippen molar-refractivity contribution in [3.63, 3.8) is 0 Å². The van der Waals surface area contributed by atoms with Crippen LogP contribution in [-0.2, 0) is 16.0 Å². The maximum atomic E-state index is 11.9. The van der Waals surface area contributed by atoms with E-state index in [1.807, 2.05) is 5.38 Å². The van der Waals surface area contributed by atoms with Crippen LogP contribution < -0.4 is 15.6 Å². The number of carbonyl (C=O) groups excluding carboxylic acids is 1. The number of hydrogen-bond donors (Lipinski definition) is 2. The van der Waals surface area contributed by atoms with Crippen molar-refractivity contribution >= 4 is 39.3 Å². The molecule has 0 saturated carbocycles. The molecule has 0 atom stereocenters. The minimum atomic E-state index is -0.0845. The zero-order chi connectivity index (χ0) is 13.8. The Morgan fingerprint density at radius 3 is 3.10 bits per heavy atom. The van der Waals surface area contributed by atoms with E-state index in [0.29, 0.717) is 11.0 Å². The van der Waals surface area contributed by atoms with Crippen molar-refractivity contribution in [1.82, 2.24) is 15.7 Å². The number of ether oxygens (including phenoxy) is 1. The summed E-state index contributed by atoms with van der Waals surface area (Å²) in [6, 6.07) is 0. The average molecular weight is 313 g/mol. The second-order valence-electron chi connectivity index (χ2n) is 4.31. The van der Waals surface area contributed by atoms with Crippen molar-refractivity contribution in [2.75, 3.05) is 37.1 Å². The van der Waals surface area contributed by atoms with Crippen LogP contribution in [0.4, 0.5) is 5.13 Å². The van der Waals surface area contributed by atoms with Gasteiger partial charge in [0.05, 0.1) is 31.2 Å². The van der Waals surface area contributed by atoms with Crippen LogP contribution >= 0.6 is 23.1 Å². The molecule has 0 unspecified atom stereocenters. The Bertz CT molecular complexity index is 513. The van der Waals surface area contributed by atoms with Gasteiger partial charge in [-0.05, 0) is 0 Å². The van der Waals surface area contributed by atoms with Crippen LogP contribution in [0.15, 0.2) is 10.5 Å². The van der Waals surface area contributed by atoms with Gasteiger partial charge in [0.25, 0.3) is 0 Å². The van der Waals surface area contributed by atoms with Crippen molar-refractivity contribution in [2.24, 2.45) is 5.10 Å². The summed E-state index contributed by atoms with van der Waals surface area (Å²) in [5, 5.41) is 10.2. The summed E-state index contributed by atoms with van der Waals surface area (Å²) in [5.74, 6) is 0.617. The molecular formula is C11H15N5O2S2. The first kappa shape index (κ1) is 13.7. The Hall–Kier alpha value is -1.32. The fraction of sp³-hybridized carbons (Fsp3) is 0.545. The Balaban J connectivity index is 1.54. The second kappa shape index (κ2) is 6.42. The van der Waals surface area contributed by atoms with Gasteiger partial charge >= 0.3 is 0 Å². The number of aromatic nitrogens is 1. The molecule has 0 bridgehead atoms. The minimum absolute atomic E-state index is 0.0845. The number of nitrogens with zero attached hydrogens (tertiary/aromatic N) is 3. The van der Waals surface area contributed by atoms with Crippen molar-refractivity contribution in [2.45, 2.75) is 6.42 Å². The van der Waals surface area contributed by atoms with Crippen molar-refractivity contribution < 1.29 is 9.53 Å². The number of anilines is 1. The molecular weight excluding hydrogens is 298 g/mol. The molecule has 1 fully saturated rings. The van der Waals surface area contributed by atoms with Crippen molar-refractivity contribution in [3.8, 4) is 0 Å². The lowest BCUT2D eigenvalue weighted by Crippen LogP contribution is -2.36. The summed E-state index contributed by atoms with van der Waals surface area (Å²) in [4.78, 5) is 18.6. The Labute approximate surface area is 124 Å². The first-order chi connectivity index (χ1) is 9.81. The predicted octanol–water partition coefficient (Wildman–Crippen LogP) is 0.203. The standard InChI is InChI=1S/C11H15N5O2S2/c17-9(14-10-15-12-7-20-10)5-8-6-19-11(13-8)16-1-3-18-4-2-16/h6,12H,1-5,7H2,(H,14,15,17). The fourth-order valence-electron chi connectivity index (χ4n) is 1.91. The molecule has 0 radical (unpaired) electrons. The number of amidine groups is 1. The zero-order valence-corrected chi connectivity index (χ0v) is 12.4. The van der Waals surface area contributed by atoms with Crippen LogP contribution in [0.3, 0.4) is 0 Å². The van der Waals surface area contributed by atoms with Crippen LogP contribution in [0.5, 0.6) is 0 Å². The third-order valence-corrected chi connectivity index (χ3v) is 4.55. The van der Waals surface area contributed by atoms with E-state index < -0.39 is 0 Å². The van der Waals surface area contributed by atoms with Crippen LogP contribution in [0, 0.1) is 0 Å². The molecule has 0 spiro atoms.